The van der Waals surface area contributed by atoms with Crippen molar-refractivity contribution in [1.29, 1.82) is 0 Å². The van der Waals surface area contributed by atoms with E-state index in [-0.39, 0.29) is 21.2 Å². The monoisotopic (exact) mass is 488 g/mol. The maximum Gasteiger partial charge on any atom is 0.348 e. The van der Waals surface area contributed by atoms with Crippen LogP contribution >= 0.6 is 34.5 Å². The molecule has 0 fully saturated rings. The molecule has 4 aromatic rings. The number of hydrogen-bond donors (Lipinski definition) is 2. The molecule has 0 unspecified atom stereocenters. The predicted octanol–water partition coefficient (Wildman–Crippen LogP) is 7.25. The van der Waals surface area contributed by atoms with Gasteiger partial charge >= 0.3 is 5.97 Å². The van der Waals surface area contributed by atoms with Gasteiger partial charge in [-0.15, -0.1) is 11.3 Å². The normalized spacial score (nSPS) is 16.6. The van der Waals surface area contributed by atoms with Crippen LogP contribution in [0.3, 0.4) is 0 Å². The number of thiophene rings is 1. The lowest BCUT2D eigenvalue weighted by Crippen LogP contribution is -2.23. The highest BCUT2D eigenvalue weighted by Gasteiger charge is 2.35. The molecule has 0 spiro atoms. The van der Waals surface area contributed by atoms with Crippen LogP contribution in [0.5, 0.6) is 0 Å². The van der Waals surface area contributed by atoms with Gasteiger partial charge in [-0.25, -0.2) is 9.78 Å². The number of pyridine rings is 1. The number of carboxylic acids is 1. The highest BCUT2D eigenvalue weighted by atomic mass is 35.5. The van der Waals surface area contributed by atoms with Crippen LogP contribution in [0.2, 0.25) is 10.4 Å². The number of halogens is 2. The molecule has 5 rings (SSSR count). The van der Waals surface area contributed by atoms with Crippen molar-refractivity contribution in [2.45, 2.75) is 26.7 Å². The molecule has 4 heterocycles. The number of carbonyl (C=O) groups is 1. The van der Waals surface area contributed by atoms with E-state index in [9.17, 15) is 9.90 Å². The summed E-state index contributed by atoms with van der Waals surface area (Å²) in [6, 6.07) is 6.92. The Kier molecular flexibility index (Phi) is 4.89. The molecular weight excluding hydrogens is 471 g/mol. The second-order valence-corrected chi connectivity index (χ2v) is 10.3. The number of carboxylic acid groups (broad SMARTS) is 1. The predicted molar refractivity (Wildman–Crippen MR) is 127 cm³/mol. The van der Waals surface area contributed by atoms with E-state index < -0.39 is 5.97 Å². The third kappa shape index (κ3) is 3.50. The van der Waals surface area contributed by atoms with Crippen molar-refractivity contribution in [2.24, 2.45) is 5.41 Å². The van der Waals surface area contributed by atoms with Crippen LogP contribution in [-0.4, -0.2) is 16.1 Å². The lowest BCUT2D eigenvalue weighted by Gasteiger charge is -2.33. The fourth-order valence-corrected chi connectivity index (χ4v) is 5.59. The van der Waals surface area contributed by atoms with Gasteiger partial charge in [-0.3, -0.25) is 0 Å². The summed E-state index contributed by atoms with van der Waals surface area (Å²) in [6.07, 6.45) is 3.38. The van der Waals surface area contributed by atoms with Crippen molar-refractivity contribution in [3.05, 3.63) is 56.6 Å². The number of nitrogens with zero attached hydrogens (tertiary/aromatic N) is 1. The largest absolute Gasteiger partial charge is 0.477 e. The summed E-state index contributed by atoms with van der Waals surface area (Å²) in [5.74, 6) is 0.0569. The van der Waals surface area contributed by atoms with Crippen molar-refractivity contribution in [3.8, 4) is 11.3 Å². The minimum atomic E-state index is -1.09. The zero-order valence-corrected chi connectivity index (χ0v) is 19.5. The van der Waals surface area contributed by atoms with Crippen LogP contribution in [-0.2, 0) is 6.42 Å². The average Bonchev–Trinajstić information content (AvgIpc) is 3.39. The molecule has 0 amide bonds. The molecule has 0 aromatic carbocycles. The molecule has 0 aliphatic heterocycles. The van der Waals surface area contributed by atoms with Gasteiger partial charge in [0, 0.05) is 10.9 Å². The van der Waals surface area contributed by atoms with Crippen LogP contribution in [0.4, 0.5) is 5.69 Å². The molecule has 164 valence electrons. The molecule has 32 heavy (non-hydrogen) atoms. The molecule has 1 aliphatic rings. The summed E-state index contributed by atoms with van der Waals surface area (Å²) in [7, 11) is 0. The van der Waals surface area contributed by atoms with Gasteiger partial charge in [0.15, 0.2) is 10.4 Å². The molecule has 9 heteroatoms. The maximum absolute atomic E-state index is 11.8. The fraction of sp³-hybridized carbons (Fsp3) is 0.217. The number of allylic oxidation sites excluding steroid dienone is 1. The quantitative estimate of drug-likeness (QED) is 0.314. The first-order valence-corrected chi connectivity index (χ1v) is 11.4. The number of fused-ring (bicyclic) bond motifs is 2. The Labute approximate surface area is 197 Å². The summed E-state index contributed by atoms with van der Waals surface area (Å²) in [4.78, 5) is 17.3. The number of rotatable bonds is 3. The molecule has 0 radical (unpaired) electrons. The summed E-state index contributed by atoms with van der Waals surface area (Å²) in [5.41, 5.74) is 9.80. The highest BCUT2D eigenvalue weighted by molar-refractivity contribution is 7.21. The lowest BCUT2D eigenvalue weighted by molar-refractivity contribution is 0.0703. The van der Waals surface area contributed by atoms with Crippen molar-refractivity contribution < 1.29 is 18.7 Å². The number of anilines is 1. The minimum Gasteiger partial charge on any atom is -0.477 e. The average molecular weight is 489 g/mol. The van der Waals surface area contributed by atoms with Gasteiger partial charge in [0.05, 0.1) is 11.4 Å². The summed E-state index contributed by atoms with van der Waals surface area (Å²) in [6.45, 7) is 4.34. The van der Waals surface area contributed by atoms with E-state index in [1.54, 1.807) is 24.3 Å². The Bertz CT molecular complexity index is 1430. The van der Waals surface area contributed by atoms with Gasteiger partial charge in [-0.1, -0.05) is 13.8 Å². The Balaban J connectivity index is 1.88. The zero-order valence-electron chi connectivity index (χ0n) is 17.2. The summed E-state index contributed by atoms with van der Waals surface area (Å²) < 4.78 is 11.3. The Morgan fingerprint density at radius 1 is 1.19 bits per heavy atom. The third-order valence-electron chi connectivity index (χ3n) is 5.53. The van der Waals surface area contributed by atoms with E-state index in [4.69, 9.17) is 42.8 Å². The van der Waals surface area contributed by atoms with Crippen LogP contribution in [0, 0.1) is 5.41 Å². The molecular formula is C23H18Cl2N2O4S. The molecule has 4 aromatic heterocycles. The number of furan rings is 2. The van der Waals surface area contributed by atoms with Crippen molar-refractivity contribution >= 4 is 68.1 Å². The van der Waals surface area contributed by atoms with Gasteiger partial charge in [-0.05, 0) is 82.9 Å². The lowest BCUT2D eigenvalue weighted by atomic mass is 9.71. The van der Waals surface area contributed by atoms with E-state index in [1.807, 2.05) is 6.08 Å². The van der Waals surface area contributed by atoms with E-state index in [2.05, 4.69) is 13.8 Å². The van der Waals surface area contributed by atoms with Crippen molar-refractivity contribution in [2.75, 3.05) is 5.73 Å². The highest BCUT2D eigenvalue weighted by Crippen LogP contribution is 2.50. The number of nitrogen functional groups attached to an aromatic ring is 1. The molecule has 0 bridgehead atoms. The van der Waals surface area contributed by atoms with Crippen LogP contribution < -0.4 is 5.73 Å². The SMILES string of the molecule is CC1(C)CC(=Cc2ccc(Cl)o2)c2nc3sc(C(=O)O)c(N)c3c(-c3ccc(Cl)o3)c2C1. The van der Waals surface area contributed by atoms with Gasteiger partial charge in [0.2, 0.25) is 0 Å². The van der Waals surface area contributed by atoms with Gasteiger partial charge in [0.1, 0.15) is 21.2 Å². The summed E-state index contributed by atoms with van der Waals surface area (Å²) >= 11 is 13.1. The Morgan fingerprint density at radius 3 is 2.53 bits per heavy atom. The number of aromatic nitrogens is 1. The molecule has 3 N–H and O–H groups in total. The third-order valence-corrected chi connectivity index (χ3v) is 7.02. The molecule has 6 nitrogen and oxygen atoms in total. The molecule has 0 saturated heterocycles. The van der Waals surface area contributed by atoms with Crippen LogP contribution in [0.25, 0.3) is 33.2 Å². The second kappa shape index (κ2) is 7.40. The fourth-order valence-electron chi connectivity index (χ4n) is 4.34. The van der Waals surface area contributed by atoms with Gasteiger partial charge < -0.3 is 19.7 Å². The first-order chi connectivity index (χ1) is 15.1. The number of nitrogens with two attached hydrogens (primary N) is 1. The first-order valence-electron chi connectivity index (χ1n) is 9.83. The molecule has 1 aliphatic carbocycles. The number of hydrogen-bond acceptors (Lipinski definition) is 6. The van der Waals surface area contributed by atoms with E-state index in [0.717, 1.165) is 40.2 Å². The van der Waals surface area contributed by atoms with Gasteiger partial charge in [-0.2, -0.15) is 0 Å². The van der Waals surface area contributed by atoms with Crippen LogP contribution in [0.1, 0.15) is 47.0 Å². The molecule has 0 atom stereocenters. The Morgan fingerprint density at radius 2 is 1.91 bits per heavy atom. The number of aromatic carboxylic acids is 1. The Hall–Kier alpha value is -2.74. The van der Waals surface area contributed by atoms with Gasteiger partial charge in [0.25, 0.3) is 0 Å². The van der Waals surface area contributed by atoms with Crippen LogP contribution in [0.15, 0.2) is 33.1 Å². The first kappa shape index (κ1) is 21.1. The standard InChI is InChI=1S/C23H18Cl2N2O4S/c1-23(2)8-10(7-11-3-5-14(24)30-11)19-12(9-23)16(13-4-6-15(25)31-13)17-18(26)20(22(28)29)32-21(17)27-19/h3-7H,8-9,26H2,1-2H3,(H,28,29). The second-order valence-electron chi connectivity index (χ2n) is 8.58. The van der Waals surface area contributed by atoms with Crippen molar-refractivity contribution in [1.82, 2.24) is 4.98 Å². The minimum absolute atomic E-state index is 0.0522. The smallest absolute Gasteiger partial charge is 0.348 e. The molecule has 0 saturated carbocycles. The zero-order chi connectivity index (χ0) is 22.8. The van der Waals surface area contributed by atoms with E-state index in [0.29, 0.717) is 33.4 Å². The maximum atomic E-state index is 11.8. The van der Waals surface area contributed by atoms with Crippen molar-refractivity contribution in [3.63, 3.8) is 0 Å². The van der Waals surface area contributed by atoms with E-state index in [1.165, 1.54) is 0 Å². The topological polar surface area (TPSA) is 102 Å². The summed E-state index contributed by atoms with van der Waals surface area (Å²) in [5, 5.41) is 10.8. The van der Waals surface area contributed by atoms with E-state index >= 15 is 0 Å².